The second-order valence-corrected chi connectivity index (χ2v) is 3.34. The lowest BCUT2D eigenvalue weighted by molar-refractivity contribution is -0.164. The molecule has 1 aromatic rings. The van der Waals surface area contributed by atoms with Crippen LogP contribution in [0.5, 0.6) is 0 Å². The maximum Gasteiger partial charge on any atom is 0.420 e. The molecular formula is C12H13O4. The summed E-state index contributed by atoms with van der Waals surface area (Å²) in [6, 6.07) is 9.23. The third-order valence-electron chi connectivity index (χ3n) is 2.15. The molecule has 4 heteroatoms. The van der Waals surface area contributed by atoms with Crippen molar-refractivity contribution in [2.24, 2.45) is 0 Å². The highest BCUT2D eigenvalue weighted by Crippen LogP contribution is 2.16. The van der Waals surface area contributed by atoms with Gasteiger partial charge >= 0.3 is 12.4 Å². The Bertz CT molecular complexity index is 347. The van der Waals surface area contributed by atoms with E-state index in [0.29, 0.717) is 0 Å². The zero-order valence-electron chi connectivity index (χ0n) is 9.17. The predicted octanol–water partition coefficient (Wildman–Crippen LogP) is 1.76. The molecule has 1 rings (SSSR count). The second-order valence-electron chi connectivity index (χ2n) is 3.34. The number of rotatable bonds is 5. The van der Waals surface area contributed by atoms with Crippen molar-refractivity contribution >= 4 is 12.4 Å². The summed E-state index contributed by atoms with van der Waals surface area (Å²) in [6.45, 7) is 4.41. The van der Waals surface area contributed by atoms with Crippen LogP contribution in [0.4, 0.5) is 0 Å². The third kappa shape index (κ3) is 3.38. The molecule has 1 aromatic carbocycles. The number of hydrogen-bond acceptors (Lipinski definition) is 4. The number of benzene rings is 1. The molecule has 0 bridgehead atoms. The largest absolute Gasteiger partial charge is 0.425 e. The Labute approximate surface area is 94.2 Å². The fourth-order valence-electron chi connectivity index (χ4n) is 1.24. The van der Waals surface area contributed by atoms with Gasteiger partial charge in [-0.2, -0.15) is 0 Å². The van der Waals surface area contributed by atoms with Gasteiger partial charge in [0, 0.05) is 6.92 Å². The van der Waals surface area contributed by atoms with Crippen molar-refractivity contribution in [1.29, 1.82) is 0 Å². The highest BCUT2D eigenvalue weighted by molar-refractivity contribution is 5.77. The maximum atomic E-state index is 11.6. The van der Waals surface area contributed by atoms with E-state index < -0.39 is 12.3 Å². The van der Waals surface area contributed by atoms with Crippen LogP contribution in [0.3, 0.4) is 0 Å². The van der Waals surface area contributed by atoms with Gasteiger partial charge in [-0.1, -0.05) is 30.3 Å². The van der Waals surface area contributed by atoms with E-state index in [-0.39, 0.29) is 5.92 Å². The lowest BCUT2D eigenvalue weighted by Crippen LogP contribution is -2.21. The first-order valence-electron chi connectivity index (χ1n) is 4.93. The first kappa shape index (κ1) is 12.2. The van der Waals surface area contributed by atoms with Gasteiger partial charge in [-0.25, -0.2) is 4.79 Å². The molecule has 0 aliphatic carbocycles. The average Bonchev–Trinajstić information content (AvgIpc) is 2.29. The van der Waals surface area contributed by atoms with Gasteiger partial charge in [0.15, 0.2) is 0 Å². The molecule has 0 spiro atoms. The van der Waals surface area contributed by atoms with Gasteiger partial charge in [0.05, 0.1) is 5.92 Å². The van der Waals surface area contributed by atoms with Crippen molar-refractivity contribution in [1.82, 2.24) is 0 Å². The van der Waals surface area contributed by atoms with Gasteiger partial charge in [-0.3, -0.25) is 4.79 Å². The lowest BCUT2D eigenvalue weighted by Gasteiger charge is -2.14. The number of hydrogen-bond donors (Lipinski definition) is 0. The minimum Gasteiger partial charge on any atom is -0.425 e. The van der Waals surface area contributed by atoms with Gasteiger partial charge in [0.2, 0.25) is 6.29 Å². The summed E-state index contributed by atoms with van der Waals surface area (Å²) in [6.07, 6.45) is -0.906. The highest BCUT2D eigenvalue weighted by Gasteiger charge is 2.19. The van der Waals surface area contributed by atoms with Crippen molar-refractivity contribution in [3.63, 3.8) is 0 Å². The van der Waals surface area contributed by atoms with Crippen molar-refractivity contribution in [2.45, 2.75) is 26.1 Å². The molecule has 0 saturated carbocycles. The molecule has 0 aromatic heterocycles. The maximum absolute atomic E-state index is 11.6. The Morgan fingerprint density at radius 3 is 2.44 bits per heavy atom. The van der Waals surface area contributed by atoms with Gasteiger partial charge in [0.25, 0.3) is 0 Å². The van der Waals surface area contributed by atoms with Crippen LogP contribution >= 0.6 is 0 Å². The Hall–Kier alpha value is -1.84. The summed E-state index contributed by atoms with van der Waals surface area (Å²) in [4.78, 5) is 21.5. The third-order valence-corrected chi connectivity index (χ3v) is 2.15. The molecule has 0 aliphatic heterocycles. The predicted molar refractivity (Wildman–Crippen MR) is 57.2 cm³/mol. The quantitative estimate of drug-likeness (QED) is 0.561. The normalized spacial score (nSPS) is 13.6. The van der Waals surface area contributed by atoms with E-state index in [2.05, 4.69) is 4.74 Å². The first-order valence-corrected chi connectivity index (χ1v) is 4.93. The summed E-state index contributed by atoms with van der Waals surface area (Å²) in [5, 5.41) is 0. The fraction of sp³-hybridized carbons (Fsp3) is 0.333. The molecule has 0 fully saturated rings. The summed E-state index contributed by atoms with van der Waals surface area (Å²) in [5.41, 5.74) is 0.856. The van der Waals surface area contributed by atoms with Crippen LogP contribution in [0.15, 0.2) is 30.3 Å². The minimum atomic E-state index is -0.906. The molecule has 2 atom stereocenters. The number of esters is 1. The summed E-state index contributed by atoms with van der Waals surface area (Å²) in [7, 11) is 0. The Kier molecular flexibility index (Phi) is 4.51. The van der Waals surface area contributed by atoms with Crippen LogP contribution in [0.1, 0.15) is 25.3 Å². The van der Waals surface area contributed by atoms with E-state index in [1.54, 1.807) is 6.92 Å². The second kappa shape index (κ2) is 5.90. The van der Waals surface area contributed by atoms with Gasteiger partial charge in [-0.15, -0.1) is 0 Å². The van der Waals surface area contributed by atoms with E-state index in [9.17, 15) is 9.59 Å². The monoisotopic (exact) mass is 221 g/mol. The molecule has 0 heterocycles. The van der Waals surface area contributed by atoms with E-state index in [1.165, 1.54) is 13.4 Å². The minimum absolute atomic E-state index is 0.390. The van der Waals surface area contributed by atoms with E-state index in [4.69, 9.17) is 4.74 Å². The molecule has 85 valence electrons. The van der Waals surface area contributed by atoms with Crippen molar-refractivity contribution in [3.8, 4) is 0 Å². The van der Waals surface area contributed by atoms with Gasteiger partial charge in [-0.05, 0) is 12.5 Å². The smallest absolute Gasteiger partial charge is 0.420 e. The Morgan fingerprint density at radius 2 is 1.88 bits per heavy atom. The molecule has 0 amide bonds. The van der Waals surface area contributed by atoms with E-state index >= 15 is 0 Å². The molecule has 16 heavy (non-hydrogen) atoms. The summed E-state index contributed by atoms with van der Waals surface area (Å²) in [5.74, 6) is -0.826. The molecular weight excluding hydrogens is 208 g/mol. The summed E-state index contributed by atoms with van der Waals surface area (Å²) >= 11 is 0. The van der Waals surface area contributed by atoms with Crippen LogP contribution in [-0.2, 0) is 19.1 Å². The molecule has 0 aliphatic rings. The molecule has 4 nitrogen and oxygen atoms in total. The van der Waals surface area contributed by atoms with Crippen LogP contribution in [0.25, 0.3) is 0 Å². The van der Waals surface area contributed by atoms with Crippen molar-refractivity contribution < 1.29 is 19.1 Å². The topological polar surface area (TPSA) is 52.6 Å². The SMILES string of the molecule is CC(O[C]=O)OC(=O)C(C)c1ccccc1. The Balaban J connectivity index is 2.58. The molecule has 0 N–H and O–H groups in total. The zero-order chi connectivity index (χ0) is 12.0. The van der Waals surface area contributed by atoms with E-state index in [0.717, 1.165) is 5.56 Å². The number of ether oxygens (including phenoxy) is 2. The first-order chi connectivity index (χ1) is 7.65. The number of carbonyl (C=O) groups is 1. The van der Waals surface area contributed by atoms with Crippen LogP contribution in [0, 0.1) is 0 Å². The lowest BCUT2D eigenvalue weighted by atomic mass is 10.0. The zero-order valence-corrected chi connectivity index (χ0v) is 9.17. The molecule has 0 saturated heterocycles. The summed E-state index contributed by atoms with van der Waals surface area (Å²) < 4.78 is 9.23. The van der Waals surface area contributed by atoms with Crippen LogP contribution in [0.2, 0.25) is 0 Å². The highest BCUT2D eigenvalue weighted by atomic mass is 16.7. The Morgan fingerprint density at radius 1 is 1.25 bits per heavy atom. The van der Waals surface area contributed by atoms with E-state index in [1.807, 2.05) is 30.3 Å². The van der Waals surface area contributed by atoms with Gasteiger partial charge < -0.3 is 9.47 Å². The van der Waals surface area contributed by atoms with Gasteiger partial charge in [0.1, 0.15) is 0 Å². The molecule has 1 radical (unpaired) electrons. The number of carbonyl (C=O) groups excluding carboxylic acids is 2. The average molecular weight is 221 g/mol. The van der Waals surface area contributed by atoms with Crippen molar-refractivity contribution in [3.05, 3.63) is 35.9 Å². The van der Waals surface area contributed by atoms with Crippen LogP contribution < -0.4 is 0 Å². The fourth-order valence-corrected chi connectivity index (χ4v) is 1.24. The standard InChI is InChI=1S/C12H13O4/c1-9(11-6-4-3-5-7-11)12(14)16-10(2)15-8-13/h3-7,9-10H,1-2H3. The van der Waals surface area contributed by atoms with Crippen LogP contribution in [-0.4, -0.2) is 18.7 Å². The molecule has 2 unspecified atom stereocenters. The van der Waals surface area contributed by atoms with Crippen molar-refractivity contribution in [2.75, 3.05) is 0 Å².